The molecule has 0 fully saturated rings. The first-order valence-electron chi connectivity index (χ1n) is 2.72. The van der Waals surface area contributed by atoms with Crippen LogP contribution in [0.15, 0.2) is 0 Å². The summed E-state index contributed by atoms with van der Waals surface area (Å²) in [6, 6.07) is 0. The summed E-state index contributed by atoms with van der Waals surface area (Å²) in [6.45, 7) is 0. The molecular formula is C5H8N2O4. The van der Waals surface area contributed by atoms with Gasteiger partial charge in [0.05, 0.1) is 0 Å². The average Bonchev–Trinajstić information content (AvgIpc) is 1.88. The molecule has 0 aromatic heterocycles. The van der Waals surface area contributed by atoms with Crippen LogP contribution in [0.4, 0.5) is 0 Å². The van der Waals surface area contributed by atoms with E-state index in [0.717, 1.165) is 0 Å². The van der Waals surface area contributed by atoms with Gasteiger partial charge in [-0.05, 0) is 0 Å². The number of nitrogens with two attached hydrogens (primary N) is 2. The van der Waals surface area contributed by atoms with Crippen LogP contribution in [0.1, 0.15) is 0 Å². The molecule has 2 atom stereocenters. The van der Waals surface area contributed by atoms with Crippen LogP contribution in [0.2, 0.25) is 0 Å². The quantitative estimate of drug-likeness (QED) is 0.302. The van der Waals surface area contributed by atoms with E-state index in [0.29, 0.717) is 0 Å². The molecule has 6 nitrogen and oxygen atoms in total. The molecule has 0 aliphatic carbocycles. The van der Waals surface area contributed by atoms with E-state index in [1.807, 2.05) is 0 Å². The number of aliphatic hydroxyl groups is 1. The molecule has 0 saturated heterocycles. The van der Waals surface area contributed by atoms with Gasteiger partial charge in [-0.25, -0.2) is 0 Å². The summed E-state index contributed by atoms with van der Waals surface area (Å²) in [5, 5.41) is 8.75. The van der Waals surface area contributed by atoms with E-state index in [4.69, 9.17) is 5.11 Å². The van der Waals surface area contributed by atoms with Crippen molar-refractivity contribution in [1.29, 1.82) is 0 Å². The molecule has 0 bridgehead atoms. The second-order valence-corrected chi connectivity index (χ2v) is 1.91. The van der Waals surface area contributed by atoms with Crippen molar-refractivity contribution in [3.63, 3.8) is 0 Å². The van der Waals surface area contributed by atoms with Gasteiger partial charge in [-0.2, -0.15) is 0 Å². The van der Waals surface area contributed by atoms with E-state index >= 15 is 0 Å². The minimum absolute atomic E-state index is 0.0811. The van der Waals surface area contributed by atoms with Crippen molar-refractivity contribution < 1.29 is 19.5 Å². The van der Waals surface area contributed by atoms with Gasteiger partial charge in [-0.15, -0.1) is 0 Å². The van der Waals surface area contributed by atoms with E-state index < -0.39 is 23.8 Å². The van der Waals surface area contributed by atoms with Gasteiger partial charge in [0.25, 0.3) is 0 Å². The van der Waals surface area contributed by atoms with Crippen LogP contribution < -0.4 is 11.5 Å². The molecule has 0 radical (unpaired) electrons. The Kier molecular flexibility index (Phi) is 3.19. The van der Waals surface area contributed by atoms with Gasteiger partial charge < -0.3 is 21.4 Å². The third-order valence-corrected chi connectivity index (χ3v) is 1.11. The Morgan fingerprint density at radius 3 is 1.82 bits per heavy atom. The van der Waals surface area contributed by atoms with Gasteiger partial charge in [0, 0.05) is 0 Å². The standard InChI is InChI=1S/C5H8N2O4/c6-4(10)2(1-8)3(9)5(7)11/h1-3,9H,(H2,6,10)(H2,7,11)/t2-,3-/m0/s1. The van der Waals surface area contributed by atoms with Crippen LogP contribution in [0.5, 0.6) is 0 Å². The van der Waals surface area contributed by atoms with Gasteiger partial charge in [0.15, 0.2) is 6.10 Å². The summed E-state index contributed by atoms with van der Waals surface area (Å²) < 4.78 is 0. The van der Waals surface area contributed by atoms with Crippen LogP contribution in [0, 0.1) is 5.92 Å². The first-order chi connectivity index (χ1) is 5.00. The van der Waals surface area contributed by atoms with Gasteiger partial charge in [0.2, 0.25) is 11.8 Å². The number of hydrogen-bond donors (Lipinski definition) is 3. The molecular weight excluding hydrogens is 152 g/mol. The Labute approximate surface area is 62.2 Å². The minimum Gasteiger partial charge on any atom is -0.382 e. The monoisotopic (exact) mass is 160 g/mol. The van der Waals surface area contributed by atoms with Crippen molar-refractivity contribution in [3.8, 4) is 0 Å². The highest BCUT2D eigenvalue weighted by Gasteiger charge is 2.28. The Bertz CT molecular complexity index is 191. The molecule has 0 unspecified atom stereocenters. The molecule has 2 amide bonds. The molecule has 0 rings (SSSR count). The fraction of sp³-hybridized carbons (Fsp3) is 0.400. The maximum absolute atomic E-state index is 10.3. The predicted octanol–water partition coefficient (Wildman–Crippen LogP) is -2.87. The van der Waals surface area contributed by atoms with Crippen LogP contribution in [0.25, 0.3) is 0 Å². The lowest BCUT2D eigenvalue weighted by molar-refractivity contribution is -0.139. The Morgan fingerprint density at radius 2 is 1.73 bits per heavy atom. The van der Waals surface area contributed by atoms with Crippen LogP contribution in [-0.4, -0.2) is 29.3 Å². The lowest BCUT2D eigenvalue weighted by atomic mass is 10.0. The van der Waals surface area contributed by atoms with Crippen molar-refractivity contribution >= 4 is 18.1 Å². The Balaban J connectivity index is 4.37. The normalized spacial score (nSPS) is 15.0. The first kappa shape index (κ1) is 9.57. The van der Waals surface area contributed by atoms with E-state index in [2.05, 4.69) is 11.5 Å². The lowest BCUT2D eigenvalue weighted by Crippen LogP contribution is -2.42. The zero-order valence-electron chi connectivity index (χ0n) is 5.56. The number of carbonyl (C=O) groups is 3. The highest BCUT2D eigenvalue weighted by atomic mass is 16.3. The molecule has 0 saturated carbocycles. The molecule has 5 N–H and O–H groups in total. The van der Waals surface area contributed by atoms with Gasteiger partial charge in [-0.3, -0.25) is 9.59 Å². The number of aliphatic hydroxyl groups excluding tert-OH is 1. The van der Waals surface area contributed by atoms with E-state index in [-0.39, 0.29) is 6.29 Å². The second kappa shape index (κ2) is 3.67. The van der Waals surface area contributed by atoms with Gasteiger partial charge in [0.1, 0.15) is 12.2 Å². The van der Waals surface area contributed by atoms with Crippen LogP contribution in [-0.2, 0) is 14.4 Å². The van der Waals surface area contributed by atoms with Crippen LogP contribution >= 0.6 is 0 Å². The van der Waals surface area contributed by atoms with Crippen molar-refractivity contribution in [2.45, 2.75) is 6.10 Å². The lowest BCUT2D eigenvalue weighted by Gasteiger charge is -2.09. The van der Waals surface area contributed by atoms with E-state index in [1.54, 1.807) is 0 Å². The molecule has 11 heavy (non-hydrogen) atoms. The number of aldehydes is 1. The summed E-state index contributed by atoms with van der Waals surface area (Å²) in [6.07, 6.45) is -1.75. The number of hydrogen-bond acceptors (Lipinski definition) is 4. The van der Waals surface area contributed by atoms with E-state index in [1.165, 1.54) is 0 Å². The summed E-state index contributed by atoms with van der Waals surface area (Å²) >= 11 is 0. The van der Waals surface area contributed by atoms with Crippen molar-refractivity contribution in [3.05, 3.63) is 0 Å². The minimum atomic E-state index is -1.83. The maximum Gasteiger partial charge on any atom is 0.247 e. The van der Waals surface area contributed by atoms with E-state index in [9.17, 15) is 14.4 Å². The zero-order valence-corrected chi connectivity index (χ0v) is 5.56. The third kappa shape index (κ3) is 2.34. The first-order valence-corrected chi connectivity index (χ1v) is 2.72. The van der Waals surface area contributed by atoms with Gasteiger partial charge in [-0.1, -0.05) is 0 Å². The summed E-state index contributed by atoms with van der Waals surface area (Å²) in [5.41, 5.74) is 9.24. The molecule has 6 heteroatoms. The number of primary amides is 2. The predicted molar refractivity (Wildman–Crippen MR) is 33.9 cm³/mol. The number of carbonyl (C=O) groups excluding carboxylic acids is 3. The molecule has 0 aromatic rings. The summed E-state index contributed by atoms with van der Waals surface area (Å²) in [5.74, 6) is -3.78. The smallest absolute Gasteiger partial charge is 0.247 e. The van der Waals surface area contributed by atoms with Crippen LogP contribution in [0.3, 0.4) is 0 Å². The van der Waals surface area contributed by atoms with Gasteiger partial charge >= 0.3 is 0 Å². The third-order valence-electron chi connectivity index (χ3n) is 1.11. The molecule has 0 aliphatic heterocycles. The highest BCUT2D eigenvalue weighted by molar-refractivity contribution is 5.97. The fourth-order valence-corrected chi connectivity index (χ4v) is 0.474. The Morgan fingerprint density at radius 1 is 1.27 bits per heavy atom. The number of rotatable bonds is 4. The Hall–Kier alpha value is -1.43. The zero-order chi connectivity index (χ0) is 9.02. The molecule has 62 valence electrons. The van der Waals surface area contributed by atoms with Crippen molar-refractivity contribution in [1.82, 2.24) is 0 Å². The SMILES string of the molecule is NC(=O)[C@@H](O)[C@H](C=O)C(N)=O. The van der Waals surface area contributed by atoms with Crippen molar-refractivity contribution in [2.24, 2.45) is 17.4 Å². The summed E-state index contributed by atoms with van der Waals surface area (Å²) in [4.78, 5) is 30.5. The summed E-state index contributed by atoms with van der Waals surface area (Å²) in [7, 11) is 0. The molecule has 0 heterocycles. The topological polar surface area (TPSA) is 123 Å². The maximum atomic E-state index is 10.3. The highest BCUT2D eigenvalue weighted by Crippen LogP contribution is 1.98. The molecule has 0 aliphatic rings. The second-order valence-electron chi connectivity index (χ2n) is 1.91. The largest absolute Gasteiger partial charge is 0.382 e. The molecule has 0 spiro atoms. The fourth-order valence-electron chi connectivity index (χ4n) is 0.474. The average molecular weight is 160 g/mol. The number of amides is 2. The molecule has 0 aromatic carbocycles. The van der Waals surface area contributed by atoms with Crippen molar-refractivity contribution in [2.75, 3.05) is 0 Å².